The third-order valence-corrected chi connectivity index (χ3v) is 0.841. The Bertz CT molecular complexity index is 45.5. The average Bonchev–Trinajstić information content (AvgIpc) is 1.65. The van der Waals surface area contributed by atoms with E-state index < -0.39 is 0 Å². The Labute approximate surface area is 42.3 Å². The Hall–Kier alpha value is -0.0400. The molecule has 0 saturated carbocycles. The van der Waals surface area contributed by atoms with E-state index in [0.717, 1.165) is 0 Å². The molecule has 0 saturated heterocycles. The lowest BCUT2D eigenvalue weighted by molar-refractivity contribution is -0.116. The van der Waals surface area contributed by atoms with Gasteiger partial charge in [0.15, 0.2) is 0 Å². The molecule has 0 atom stereocenters. The second-order valence-electron chi connectivity index (χ2n) is 1.03. The van der Waals surface area contributed by atoms with Crippen LogP contribution < -0.4 is 0 Å². The summed E-state index contributed by atoms with van der Waals surface area (Å²) >= 11 is 5.10. The Kier molecular flexibility index (Phi) is 3.14. The summed E-state index contributed by atoms with van der Waals surface area (Å²) in [5.41, 5.74) is 0. The first-order valence-corrected chi connectivity index (χ1v) is 2.42. The summed E-state index contributed by atoms with van der Waals surface area (Å²) in [7, 11) is 0. The lowest BCUT2D eigenvalue weighted by Gasteiger charge is -1.79. The highest BCUT2D eigenvalue weighted by atomic mass is 35.5. The van der Waals surface area contributed by atoms with E-state index in [1.54, 1.807) is 6.92 Å². The molecule has 0 heterocycles. The maximum absolute atomic E-state index is 10.0. The zero-order valence-corrected chi connectivity index (χ0v) is 4.46. The van der Waals surface area contributed by atoms with E-state index in [0.29, 0.717) is 6.42 Å². The standard InChI is InChI=1S/C4H7ClO/c1-2-4(6)3-5/h2-3H2,1H3. The minimum atomic E-state index is 0.108. The maximum Gasteiger partial charge on any atom is 0.147 e. The van der Waals surface area contributed by atoms with Crippen LogP contribution >= 0.6 is 11.6 Å². The molecule has 0 aromatic heterocycles. The van der Waals surface area contributed by atoms with E-state index in [1.807, 2.05) is 0 Å². The van der Waals surface area contributed by atoms with Gasteiger partial charge in [-0.3, -0.25) is 4.79 Å². The van der Waals surface area contributed by atoms with Crippen molar-refractivity contribution in [3.63, 3.8) is 0 Å². The molecule has 0 amide bonds. The SMILES string of the molecule is CCC(=O)CCl. The van der Waals surface area contributed by atoms with Gasteiger partial charge in [0.1, 0.15) is 5.78 Å². The molecule has 0 fully saturated rings. The van der Waals surface area contributed by atoms with Crippen molar-refractivity contribution in [1.29, 1.82) is 0 Å². The number of ketones is 1. The smallest absolute Gasteiger partial charge is 0.147 e. The van der Waals surface area contributed by atoms with E-state index >= 15 is 0 Å². The number of Topliss-reactive ketones (excluding diaryl/α,β-unsaturated/α-hetero) is 1. The van der Waals surface area contributed by atoms with Crippen LogP contribution in [0.2, 0.25) is 0 Å². The number of alkyl halides is 1. The third-order valence-electron chi connectivity index (χ3n) is 0.543. The second-order valence-corrected chi connectivity index (χ2v) is 1.29. The van der Waals surface area contributed by atoms with Gasteiger partial charge in [0.2, 0.25) is 0 Å². The van der Waals surface area contributed by atoms with Crippen LogP contribution in [0.3, 0.4) is 0 Å². The van der Waals surface area contributed by atoms with Crippen LogP contribution in [0.4, 0.5) is 0 Å². The fourth-order valence-corrected chi connectivity index (χ4v) is 0.283. The third kappa shape index (κ3) is 2.21. The molecule has 0 unspecified atom stereocenters. The minimum absolute atomic E-state index is 0.108. The van der Waals surface area contributed by atoms with E-state index in [2.05, 4.69) is 0 Å². The van der Waals surface area contributed by atoms with Crippen LogP contribution in [0, 0.1) is 0 Å². The number of rotatable bonds is 2. The number of carbonyl (C=O) groups excluding carboxylic acids is 1. The molecule has 2 heteroatoms. The van der Waals surface area contributed by atoms with Crippen molar-refractivity contribution in [2.45, 2.75) is 13.3 Å². The summed E-state index contributed by atoms with van der Waals surface area (Å²) in [6, 6.07) is 0. The summed E-state index contributed by atoms with van der Waals surface area (Å²) in [5, 5.41) is 0. The van der Waals surface area contributed by atoms with Gasteiger partial charge in [-0.2, -0.15) is 0 Å². The van der Waals surface area contributed by atoms with Gasteiger partial charge in [0.05, 0.1) is 5.88 Å². The van der Waals surface area contributed by atoms with Gasteiger partial charge in [0, 0.05) is 6.42 Å². The summed E-state index contributed by atoms with van der Waals surface area (Å²) < 4.78 is 0. The molecule has 0 aliphatic carbocycles. The fourth-order valence-electron chi connectivity index (χ4n) is 0.0945. The second kappa shape index (κ2) is 3.16. The predicted molar refractivity (Wildman–Crippen MR) is 26.0 cm³/mol. The molecule has 0 aliphatic rings. The summed E-state index contributed by atoms with van der Waals surface area (Å²) in [6.45, 7) is 1.80. The maximum atomic E-state index is 10.0. The lowest BCUT2D eigenvalue weighted by atomic mass is 10.4. The number of hydrogen-bond acceptors (Lipinski definition) is 1. The molecule has 36 valence electrons. The number of carbonyl (C=O) groups is 1. The van der Waals surface area contributed by atoms with Crippen molar-refractivity contribution in [3.8, 4) is 0 Å². The van der Waals surface area contributed by atoms with Crippen molar-refractivity contribution in [2.75, 3.05) is 5.88 Å². The molecule has 0 aromatic carbocycles. The quantitative estimate of drug-likeness (QED) is 0.484. The zero-order valence-electron chi connectivity index (χ0n) is 3.70. The highest BCUT2D eigenvalue weighted by molar-refractivity contribution is 6.27. The van der Waals surface area contributed by atoms with Gasteiger partial charge in [-0.05, 0) is 0 Å². The van der Waals surface area contributed by atoms with Gasteiger partial charge in [-0.1, -0.05) is 6.92 Å². The van der Waals surface area contributed by atoms with Crippen LogP contribution in [0.25, 0.3) is 0 Å². The minimum Gasteiger partial charge on any atom is -0.298 e. The summed E-state index contributed by atoms with van der Waals surface area (Å²) in [4.78, 5) is 10.0. The first-order valence-electron chi connectivity index (χ1n) is 1.89. The predicted octanol–water partition coefficient (Wildman–Crippen LogP) is 1.20. The molecular formula is C4H7ClO. The Morgan fingerprint density at radius 2 is 2.33 bits per heavy atom. The summed E-state index contributed by atoms with van der Waals surface area (Å²) in [5.74, 6) is 0.271. The molecule has 0 spiro atoms. The first-order chi connectivity index (χ1) is 2.81. The van der Waals surface area contributed by atoms with E-state index in [1.165, 1.54) is 0 Å². The van der Waals surface area contributed by atoms with Gasteiger partial charge >= 0.3 is 0 Å². The van der Waals surface area contributed by atoms with Crippen molar-refractivity contribution >= 4 is 17.4 Å². The van der Waals surface area contributed by atoms with Gasteiger partial charge in [0.25, 0.3) is 0 Å². The van der Waals surface area contributed by atoms with Gasteiger partial charge in [-0.25, -0.2) is 0 Å². The molecule has 6 heavy (non-hydrogen) atoms. The van der Waals surface area contributed by atoms with E-state index in [9.17, 15) is 4.79 Å². The topological polar surface area (TPSA) is 17.1 Å². The molecule has 0 rings (SSSR count). The van der Waals surface area contributed by atoms with Gasteiger partial charge < -0.3 is 0 Å². The molecule has 0 N–H and O–H groups in total. The highest BCUT2D eigenvalue weighted by Gasteiger charge is 1.88. The molecule has 0 bridgehead atoms. The lowest BCUT2D eigenvalue weighted by Crippen LogP contribution is -1.93. The molecule has 0 aliphatic heterocycles. The fraction of sp³-hybridized carbons (Fsp3) is 0.750. The highest BCUT2D eigenvalue weighted by Crippen LogP contribution is 1.81. The van der Waals surface area contributed by atoms with Crippen molar-refractivity contribution in [2.24, 2.45) is 0 Å². The van der Waals surface area contributed by atoms with E-state index in [-0.39, 0.29) is 11.7 Å². The van der Waals surface area contributed by atoms with Gasteiger partial charge in [-0.15, -0.1) is 11.6 Å². The van der Waals surface area contributed by atoms with Crippen molar-refractivity contribution in [3.05, 3.63) is 0 Å². The molecule has 0 radical (unpaired) electrons. The molecular weight excluding hydrogens is 99.5 g/mol. The van der Waals surface area contributed by atoms with Crippen LogP contribution in [0.1, 0.15) is 13.3 Å². The van der Waals surface area contributed by atoms with Crippen LogP contribution in [-0.2, 0) is 4.79 Å². The van der Waals surface area contributed by atoms with Crippen molar-refractivity contribution < 1.29 is 4.79 Å². The Morgan fingerprint density at radius 1 is 1.83 bits per heavy atom. The molecule has 0 aromatic rings. The Morgan fingerprint density at radius 3 is 2.33 bits per heavy atom. The number of halogens is 1. The van der Waals surface area contributed by atoms with Crippen LogP contribution in [0.15, 0.2) is 0 Å². The molecule has 1 nitrogen and oxygen atoms in total. The van der Waals surface area contributed by atoms with Crippen LogP contribution in [0.5, 0.6) is 0 Å². The largest absolute Gasteiger partial charge is 0.298 e. The average molecular weight is 107 g/mol. The summed E-state index contributed by atoms with van der Waals surface area (Å²) in [6.07, 6.45) is 0.559. The van der Waals surface area contributed by atoms with Crippen LogP contribution in [-0.4, -0.2) is 11.7 Å². The van der Waals surface area contributed by atoms with Crippen molar-refractivity contribution in [1.82, 2.24) is 0 Å². The first kappa shape index (κ1) is 5.96. The number of hydrogen-bond donors (Lipinski definition) is 0. The zero-order chi connectivity index (χ0) is 4.99. The van der Waals surface area contributed by atoms with E-state index in [4.69, 9.17) is 11.6 Å². The monoisotopic (exact) mass is 106 g/mol. The normalized spacial score (nSPS) is 8.33. The Balaban J connectivity index is 2.99.